The summed E-state index contributed by atoms with van der Waals surface area (Å²) in [4.78, 5) is 26.7. The van der Waals surface area contributed by atoms with Crippen molar-refractivity contribution < 1.29 is 9.53 Å². The van der Waals surface area contributed by atoms with E-state index in [0.29, 0.717) is 40.0 Å². The summed E-state index contributed by atoms with van der Waals surface area (Å²) in [5.74, 6) is 0.721. The highest BCUT2D eigenvalue weighted by Crippen LogP contribution is 2.37. The number of nitrogens with zero attached hydrogens (tertiary/aromatic N) is 2. The normalized spacial score (nSPS) is 12.0. The van der Waals surface area contributed by atoms with Crippen molar-refractivity contribution in [2.45, 2.75) is 33.2 Å². The van der Waals surface area contributed by atoms with Crippen LogP contribution < -0.4 is 15.6 Å². The summed E-state index contributed by atoms with van der Waals surface area (Å²) in [6.45, 7) is 3.93. The van der Waals surface area contributed by atoms with Crippen LogP contribution in [-0.2, 0) is 24.2 Å². The molecule has 2 heterocycles. The van der Waals surface area contributed by atoms with Crippen LogP contribution in [0.3, 0.4) is 0 Å². The lowest BCUT2D eigenvalue weighted by molar-refractivity contribution is -0.117. The first-order valence-electron chi connectivity index (χ1n) is 11.3. The Morgan fingerprint density at radius 2 is 1.89 bits per heavy atom. The van der Waals surface area contributed by atoms with Crippen molar-refractivity contribution in [3.63, 3.8) is 0 Å². The van der Waals surface area contributed by atoms with Gasteiger partial charge in [-0.3, -0.25) is 9.59 Å². The number of ether oxygens (including phenoxy) is 1. The van der Waals surface area contributed by atoms with E-state index in [0.717, 1.165) is 27.6 Å². The standard InChI is InChI=1S/C27H23BrClN3O3/c1-3-17-4-8-21(9-5-17)32-26(34)22-14-18-13-19(29)6-11-24(18)35-27(22)31(32)15-25(33)30-20-7-10-23(28)16(2)12-20/h4-13H,3,14-15H2,1-2H3,(H,30,33). The molecular weight excluding hydrogens is 530 g/mol. The Kier molecular flexibility index (Phi) is 6.30. The monoisotopic (exact) mass is 551 g/mol. The number of halogens is 2. The van der Waals surface area contributed by atoms with E-state index in [9.17, 15) is 9.59 Å². The SMILES string of the molecule is CCc1ccc(-n2c(=O)c3c(n2CC(=O)Nc2ccc(Br)c(C)c2)Oc2ccc(Cl)cc2C3)cc1. The molecule has 0 spiro atoms. The van der Waals surface area contributed by atoms with E-state index in [2.05, 4.69) is 28.2 Å². The molecule has 1 aliphatic rings. The van der Waals surface area contributed by atoms with Gasteiger partial charge in [0.05, 0.1) is 11.3 Å². The molecule has 35 heavy (non-hydrogen) atoms. The van der Waals surface area contributed by atoms with Crippen molar-refractivity contribution in [2.24, 2.45) is 0 Å². The number of rotatable bonds is 5. The molecule has 1 aromatic heterocycles. The molecule has 8 heteroatoms. The molecule has 0 fully saturated rings. The largest absolute Gasteiger partial charge is 0.439 e. The summed E-state index contributed by atoms with van der Waals surface area (Å²) < 4.78 is 10.3. The van der Waals surface area contributed by atoms with Gasteiger partial charge in [0.2, 0.25) is 11.8 Å². The second kappa shape index (κ2) is 9.40. The highest BCUT2D eigenvalue weighted by atomic mass is 79.9. The van der Waals surface area contributed by atoms with Gasteiger partial charge in [-0.05, 0) is 73.0 Å². The van der Waals surface area contributed by atoms with Crippen LogP contribution in [0.1, 0.15) is 29.2 Å². The number of benzene rings is 3. The topological polar surface area (TPSA) is 65.3 Å². The number of aromatic nitrogens is 2. The fourth-order valence-corrected chi connectivity index (χ4v) is 4.69. The zero-order valence-electron chi connectivity index (χ0n) is 19.3. The van der Waals surface area contributed by atoms with Crippen molar-refractivity contribution in [2.75, 3.05) is 5.32 Å². The molecular formula is C27H23BrClN3O3. The number of aryl methyl sites for hydroxylation is 2. The molecule has 0 unspecified atom stereocenters. The maximum atomic E-state index is 13.6. The molecule has 4 aromatic rings. The molecule has 0 aliphatic carbocycles. The van der Waals surface area contributed by atoms with E-state index < -0.39 is 0 Å². The summed E-state index contributed by atoms with van der Waals surface area (Å²) >= 11 is 9.65. The van der Waals surface area contributed by atoms with Crippen molar-refractivity contribution in [1.29, 1.82) is 0 Å². The van der Waals surface area contributed by atoms with Crippen molar-refractivity contribution >= 4 is 39.1 Å². The maximum Gasteiger partial charge on any atom is 0.278 e. The van der Waals surface area contributed by atoms with Crippen molar-refractivity contribution in [3.8, 4) is 17.3 Å². The van der Waals surface area contributed by atoms with E-state index in [1.165, 1.54) is 4.68 Å². The Morgan fingerprint density at radius 1 is 1.11 bits per heavy atom. The van der Waals surface area contributed by atoms with E-state index in [4.69, 9.17) is 16.3 Å². The smallest absolute Gasteiger partial charge is 0.278 e. The fourth-order valence-electron chi connectivity index (χ4n) is 4.25. The number of carbonyl (C=O) groups is 1. The summed E-state index contributed by atoms with van der Waals surface area (Å²) in [6.07, 6.45) is 1.26. The lowest BCUT2D eigenvalue weighted by Crippen LogP contribution is -2.27. The first-order chi connectivity index (χ1) is 16.8. The highest BCUT2D eigenvalue weighted by molar-refractivity contribution is 9.10. The number of amides is 1. The van der Waals surface area contributed by atoms with Gasteiger partial charge < -0.3 is 10.1 Å². The average molecular weight is 553 g/mol. The van der Waals surface area contributed by atoms with E-state index >= 15 is 0 Å². The second-order valence-corrected chi connectivity index (χ2v) is 9.81. The molecule has 0 bridgehead atoms. The Balaban J connectivity index is 1.56. The molecule has 5 rings (SSSR count). The van der Waals surface area contributed by atoms with Gasteiger partial charge in [0.15, 0.2) is 0 Å². The number of anilines is 1. The fraction of sp³-hybridized carbons (Fsp3) is 0.185. The molecule has 1 amide bonds. The van der Waals surface area contributed by atoms with Crippen LogP contribution in [0.5, 0.6) is 11.6 Å². The predicted molar refractivity (Wildman–Crippen MR) is 141 cm³/mol. The van der Waals surface area contributed by atoms with Gasteiger partial charge in [0.1, 0.15) is 12.3 Å². The van der Waals surface area contributed by atoms with Gasteiger partial charge in [-0.25, -0.2) is 9.36 Å². The Labute approximate surface area is 216 Å². The van der Waals surface area contributed by atoms with Crippen LogP contribution >= 0.6 is 27.5 Å². The quantitative estimate of drug-likeness (QED) is 0.280. The van der Waals surface area contributed by atoms with Gasteiger partial charge >= 0.3 is 0 Å². The van der Waals surface area contributed by atoms with Gasteiger partial charge in [-0.15, -0.1) is 0 Å². The van der Waals surface area contributed by atoms with Gasteiger partial charge in [-0.1, -0.05) is 46.6 Å². The third kappa shape index (κ3) is 4.54. The van der Waals surface area contributed by atoms with Crippen LogP contribution in [0.25, 0.3) is 5.69 Å². The molecule has 3 aromatic carbocycles. The third-order valence-corrected chi connectivity index (χ3v) is 7.23. The molecule has 178 valence electrons. The number of hydrogen-bond donors (Lipinski definition) is 1. The minimum atomic E-state index is -0.269. The van der Waals surface area contributed by atoms with Crippen LogP contribution in [-0.4, -0.2) is 15.3 Å². The number of carbonyl (C=O) groups excluding carboxylic acids is 1. The van der Waals surface area contributed by atoms with Crippen molar-refractivity contribution in [3.05, 3.63) is 103 Å². The average Bonchev–Trinajstić information content (AvgIpc) is 3.10. The lowest BCUT2D eigenvalue weighted by atomic mass is 10.0. The summed E-state index contributed by atoms with van der Waals surface area (Å²) in [6, 6.07) is 18.7. The van der Waals surface area contributed by atoms with Crippen LogP contribution in [0, 0.1) is 6.92 Å². The molecule has 1 aliphatic heterocycles. The van der Waals surface area contributed by atoms with E-state index in [1.54, 1.807) is 22.9 Å². The minimum Gasteiger partial charge on any atom is -0.439 e. The highest BCUT2D eigenvalue weighted by Gasteiger charge is 2.29. The Bertz CT molecular complexity index is 1510. The molecule has 0 radical (unpaired) electrons. The number of nitrogens with one attached hydrogen (secondary N) is 1. The maximum absolute atomic E-state index is 13.6. The lowest BCUT2D eigenvalue weighted by Gasteiger charge is -2.20. The summed E-state index contributed by atoms with van der Waals surface area (Å²) in [5, 5.41) is 3.51. The number of hydrogen-bond acceptors (Lipinski definition) is 3. The van der Waals surface area contributed by atoms with Gasteiger partial charge in [0, 0.05) is 27.2 Å². The number of fused-ring (bicyclic) bond motifs is 2. The van der Waals surface area contributed by atoms with Crippen LogP contribution in [0.15, 0.2) is 69.9 Å². The molecule has 6 nitrogen and oxygen atoms in total. The summed E-state index contributed by atoms with van der Waals surface area (Å²) in [5.41, 5.74) is 4.62. The van der Waals surface area contributed by atoms with Crippen molar-refractivity contribution in [1.82, 2.24) is 9.36 Å². The first kappa shape index (κ1) is 23.5. The third-order valence-electron chi connectivity index (χ3n) is 6.11. The minimum absolute atomic E-state index is 0.0991. The molecule has 1 N–H and O–H groups in total. The summed E-state index contributed by atoms with van der Waals surface area (Å²) in [7, 11) is 0. The van der Waals surface area contributed by atoms with Gasteiger partial charge in [0.25, 0.3) is 5.56 Å². The van der Waals surface area contributed by atoms with E-state index in [-0.39, 0.29) is 18.0 Å². The van der Waals surface area contributed by atoms with Crippen LogP contribution in [0.2, 0.25) is 5.02 Å². The molecule has 0 saturated carbocycles. The Hall–Kier alpha value is -3.29. The van der Waals surface area contributed by atoms with Gasteiger partial charge in [-0.2, -0.15) is 0 Å². The van der Waals surface area contributed by atoms with Crippen LogP contribution in [0.4, 0.5) is 5.69 Å². The first-order valence-corrected chi connectivity index (χ1v) is 12.5. The predicted octanol–water partition coefficient (Wildman–Crippen LogP) is 6.26. The second-order valence-electron chi connectivity index (χ2n) is 8.52. The Morgan fingerprint density at radius 3 is 2.60 bits per heavy atom. The van der Waals surface area contributed by atoms with E-state index in [1.807, 2.05) is 49.4 Å². The zero-order chi connectivity index (χ0) is 24.7. The molecule has 0 saturated heterocycles. The zero-order valence-corrected chi connectivity index (χ0v) is 21.6. The molecule has 0 atom stereocenters.